The number of rotatable bonds is 7. The van der Waals surface area contributed by atoms with Crippen LogP contribution in [0.3, 0.4) is 0 Å². The zero-order valence-corrected chi connectivity index (χ0v) is 11.4. The van der Waals surface area contributed by atoms with Crippen molar-refractivity contribution in [2.75, 3.05) is 26.3 Å². The molecule has 106 valence electrons. The van der Waals surface area contributed by atoms with Gasteiger partial charge in [0.25, 0.3) is 0 Å². The molecule has 1 aliphatic heterocycles. The van der Waals surface area contributed by atoms with E-state index in [1.165, 1.54) is 18.6 Å². The van der Waals surface area contributed by atoms with E-state index >= 15 is 0 Å². The van der Waals surface area contributed by atoms with Crippen molar-refractivity contribution in [1.29, 1.82) is 0 Å². The molecule has 0 radical (unpaired) electrons. The Morgan fingerprint density at radius 2 is 2.21 bits per heavy atom. The van der Waals surface area contributed by atoms with Crippen LogP contribution in [0.2, 0.25) is 0 Å². The molecule has 2 rings (SSSR count). The molecule has 0 unspecified atom stereocenters. The Morgan fingerprint density at radius 3 is 2.89 bits per heavy atom. The fourth-order valence-corrected chi connectivity index (χ4v) is 2.12. The van der Waals surface area contributed by atoms with E-state index in [-0.39, 0.29) is 5.82 Å². The van der Waals surface area contributed by atoms with Gasteiger partial charge in [-0.1, -0.05) is 6.92 Å². The van der Waals surface area contributed by atoms with Crippen LogP contribution in [0.5, 0.6) is 5.75 Å². The van der Waals surface area contributed by atoms with Crippen LogP contribution in [-0.2, 0) is 4.74 Å². The summed E-state index contributed by atoms with van der Waals surface area (Å²) < 4.78 is 23.9. The Bertz CT molecular complexity index is 363. The summed E-state index contributed by atoms with van der Waals surface area (Å²) in [6, 6.07) is 6.13. The molecular formula is C15H22FNO2. The highest BCUT2D eigenvalue weighted by Crippen LogP contribution is 2.13. The van der Waals surface area contributed by atoms with Crippen LogP contribution in [0.25, 0.3) is 0 Å². The summed E-state index contributed by atoms with van der Waals surface area (Å²) in [6.45, 7) is 5.48. The van der Waals surface area contributed by atoms with Gasteiger partial charge in [-0.2, -0.15) is 0 Å². The van der Waals surface area contributed by atoms with Gasteiger partial charge in [0.15, 0.2) is 0 Å². The first kappa shape index (κ1) is 14.3. The zero-order valence-electron chi connectivity index (χ0n) is 11.4. The number of hydrogen-bond donors (Lipinski definition) is 1. The van der Waals surface area contributed by atoms with Gasteiger partial charge in [0.2, 0.25) is 0 Å². The summed E-state index contributed by atoms with van der Waals surface area (Å²) in [4.78, 5) is 0. The highest BCUT2D eigenvalue weighted by atomic mass is 19.1. The smallest absolute Gasteiger partial charge is 0.123 e. The molecule has 1 N–H and O–H groups in total. The van der Waals surface area contributed by atoms with E-state index in [0.717, 1.165) is 26.1 Å². The van der Waals surface area contributed by atoms with Crippen LogP contribution in [-0.4, -0.2) is 32.4 Å². The Kier molecular flexibility index (Phi) is 5.61. The van der Waals surface area contributed by atoms with Crippen molar-refractivity contribution >= 4 is 0 Å². The van der Waals surface area contributed by atoms with E-state index < -0.39 is 0 Å². The van der Waals surface area contributed by atoms with Gasteiger partial charge >= 0.3 is 0 Å². The molecule has 1 aromatic rings. The van der Waals surface area contributed by atoms with Crippen LogP contribution in [0.1, 0.15) is 19.8 Å². The maximum absolute atomic E-state index is 12.7. The van der Waals surface area contributed by atoms with Crippen LogP contribution < -0.4 is 10.1 Å². The quantitative estimate of drug-likeness (QED) is 0.823. The van der Waals surface area contributed by atoms with E-state index in [1.54, 1.807) is 12.1 Å². The van der Waals surface area contributed by atoms with Crippen molar-refractivity contribution in [1.82, 2.24) is 5.32 Å². The minimum atomic E-state index is -0.237. The molecule has 0 bridgehead atoms. The predicted molar refractivity (Wildman–Crippen MR) is 72.9 cm³/mol. The van der Waals surface area contributed by atoms with E-state index in [0.29, 0.717) is 24.4 Å². The standard InChI is InChI=1S/C15H22FNO2/c1-12(9-17-10-15-3-2-8-18-15)11-19-14-6-4-13(16)5-7-14/h4-7,12,15,17H,2-3,8-11H2,1H3/t12-,15+/m0/s1. The first-order valence-electron chi connectivity index (χ1n) is 6.94. The van der Waals surface area contributed by atoms with Gasteiger partial charge in [-0.15, -0.1) is 0 Å². The molecule has 4 heteroatoms. The molecule has 2 atom stereocenters. The Morgan fingerprint density at radius 1 is 1.42 bits per heavy atom. The third kappa shape index (κ3) is 5.17. The summed E-state index contributed by atoms with van der Waals surface area (Å²) in [5, 5.41) is 3.41. The highest BCUT2D eigenvalue weighted by molar-refractivity contribution is 5.21. The van der Waals surface area contributed by atoms with E-state index in [1.807, 2.05) is 0 Å². The summed E-state index contributed by atoms with van der Waals surface area (Å²) >= 11 is 0. The van der Waals surface area contributed by atoms with Gasteiger partial charge in [-0.3, -0.25) is 0 Å². The van der Waals surface area contributed by atoms with E-state index in [2.05, 4.69) is 12.2 Å². The van der Waals surface area contributed by atoms with Gasteiger partial charge in [-0.25, -0.2) is 4.39 Å². The lowest BCUT2D eigenvalue weighted by molar-refractivity contribution is 0.108. The normalized spacial score (nSPS) is 20.4. The summed E-state index contributed by atoms with van der Waals surface area (Å²) in [5.41, 5.74) is 0. The predicted octanol–water partition coefficient (Wildman–Crippen LogP) is 2.61. The minimum absolute atomic E-state index is 0.237. The van der Waals surface area contributed by atoms with Crippen molar-refractivity contribution in [2.24, 2.45) is 5.92 Å². The molecule has 3 nitrogen and oxygen atoms in total. The SMILES string of the molecule is C[C@@H](CNC[C@H]1CCCO1)COc1ccc(F)cc1. The Hall–Kier alpha value is -1.13. The molecule has 1 heterocycles. The van der Waals surface area contributed by atoms with Gasteiger partial charge < -0.3 is 14.8 Å². The molecule has 1 aliphatic rings. The van der Waals surface area contributed by atoms with Crippen molar-refractivity contribution in [2.45, 2.75) is 25.9 Å². The Balaban J connectivity index is 1.58. The van der Waals surface area contributed by atoms with Crippen LogP contribution in [0, 0.1) is 11.7 Å². The third-order valence-corrected chi connectivity index (χ3v) is 3.24. The number of hydrogen-bond acceptors (Lipinski definition) is 3. The van der Waals surface area contributed by atoms with Crippen molar-refractivity contribution in [3.05, 3.63) is 30.1 Å². The largest absolute Gasteiger partial charge is 0.493 e. The second-order valence-electron chi connectivity index (χ2n) is 5.16. The maximum atomic E-state index is 12.7. The molecule has 0 aliphatic carbocycles. The molecule has 1 aromatic carbocycles. The average molecular weight is 267 g/mol. The molecular weight excluding hydrogens is 245 g/mol. The summed E-state index contributed by atoms with van der Waals surface area (Å²) in [5.74, 6) is 0.887. The van der Waals surface area contributed by atoms with E-state index in [9.17, 15) is 4.39 Å². The molecule has 0 spiro atoms. The lowest BCUT2D eigenvalue weighted by Gasteiger charge is -2.16. The first-order chi connectivity index (χ1) is 9.24. The van der Waals surface area contributed by atoms with Crippen molar-refractivity contribution in [3.8, 4) is 5.75 Å². The number of halogens is 1. The Labute approximate surface area is 114 Å². The van der Waals surface area contributed by atoms with Crippen molar-refractivity contribution in [3.63, 3.8) is 0 Å². The lowest BCUT2D eigenvalue weighted by Crippen LogP contribution is -2.31. The number of nitrogens with one attached hydrogen (secondary N) is 1. The fourth-order valence-electron chi connectivity index (χ4n) is 2.12. The lowest BCUT2D eigenvalue weighted by atomic mass is 10.2. The van der Waals surface area contributed by atoms with Crippen LogP contribution in [0.15, 0.2) is 24.3 Å². The summed E-state index contributed by atoms with van der Waals surface area (Å²) in [7, 11) is 0. The molecule has 0 saturated carbocycles. The van der Waals surface area contributed by atoms with Gasteiger partial charge in [0.1, 0.15) is 11.6 Å². The molecule has 19 heavy (non-hydrogen) atoms. The fraction of sp³-hybridized carbons (Fsp3) is 0.600. The molecule has 0 amide bonds. The number of ether oxygens (including phenoxy) is 2. The first-order valence-corrected chi connectivity index (χ1v) is 6.94. The monoisotopic (exact) mass is 267 g/mol. The van der Waals surface area contributed by atoms with Gasteiger partial charge in [0, 0.05) is 25.6 Å². The summed E-state index contributed by atoms with van der Waals surface area (Å²) in [6.07, 6.45) is 2.72. The second kappa shape index (κ2) is 7.46. The second-order valence-corrected chi connectivity index (χ2v) is 5.16. The maximum Gasteiger partial charge on any atom is 0.123 e. The topological polar surface area (TPSA) is 30.5 Å². The van der Waals surface area contributed by atoms with Crippen molar-refractivity contribution < 1.29 is 13.9 Å². The van der Waals surface area contributed by atoms with Gasteiger partial charge in [0.05, 0.1) is 12.7 Å². The van der Waals surface area contributed by atoms with E-state index in [4.69, 9.17) is 9.47 Å². The molecule has 1 fully saturated rings. The molecule has 0 aromatic heterocycles. The average Bonchev–Trinajstić information content (AvgIpc) is 2.91. The molecule has 1 saturated heterocycles. The highest BCUT2D eigenvalue weighted by Gasteiger charge is 2.15. The zero-order chi connectivity index (χ0) is 13.5. The third-order valence-electron chi connectivity index (χ3n) is 3.24. The van der Waals surface area contributed by atoms with Gasteiger partial charge in [-0.05, 0) is 37.1 Å². The van der Waals surface area contributed by atoms with Crippen LogP contribution in [0.4, 0.5) is 4.39 Å². The number of benzene rings is 1. The van der Waals surface area contributed by atoms with Crippen LogP contribution >= 0.6 is 0 Å². The minimum Gasteiger partial charge on any atom is -0.493 e.